The van der Waals surface area contributed by atoms with Crippen LogP contribution >= 0.6 is 0 Å². The Labute approximate surface area is 100 Å². The summed E-state index contributed by atoms with van der Waals surface area (Å²) >= 11 is 0. The first-order valence-corrected chi connectivity index (χ1v) is 5.30. The molecule has 0 radical (unpaired) electrons. The topological polar surface area (TPSA) is 38.3 Å². The van der Waals surface area contributed by atoms with Crippen LogP contribution in [0.25, 0.3) is 11.1 Å². The zero-order chi connectivity index (χ0) is 12.1. The minimum absolute atomic E-state index is 0.464. The van der Waals surface area contributed by atoms with Crippen molar-refractivity contribution >= 4 is 11.8 Å². The van der Waals surface area contributed by atoms with Gasteiger partial charge in [-0.25, -0.2) is 4.79 Å². The Morgan fingerprint density at radius 2 is 1.65 bits per heavy atom. The Morgan fingerprint density at radius 1 is 1.00 bits per heavy atom. The van der Waals surface area contributed by atoms with Crippen molar-refractivity contribution in [3.05, 3.63) is 54.6 Å². The number of nitrogens with one attached hydrogen (secondary N) is 1. The highest BCUT2D eigenvalue weighted by molar-refractivity contribution is 5.91. The second kappa shape index (κ2) is 5.16. The molecule has 2 aromatic rings. The standard InChI is InChI=1S/C14H13NO2/c1-17-14(16)15-13-10-6-5-9-12(13)11-7-3-2-4-8-11/h2-10H,1H3,(H,15,16). The molecular weight excluding hydrogens is 214 g/mol. The van der Waals surface area contributed by atoms with E-state index in [0.717, 1.165) is 16.8 Å². The Kier molecular flexibility index (Phi) is 3.40. The smallest absolute Gasteiger partial charge is 0.411 e. The second-order valence-corrected chi connectivity index (χ2v) is 3.53. The average Bonchev–Trinajstić information content (AvgIpc) is 2.40. The van der Waals surface area contributed by atoms with E-state index in [9.17, 15) is 4.79 Å². The molecule has 86 valence electrons. The fourth-order valence-electron chi connectivity index (χ4n) is 1.62. The number of hydrogen-bond donors (Lipinski definition) is 1. The van der Waals surface area contributed by atoms with E-state index >= 15 is 0 Å². The van der Waals surface area contributed by atoms with Gasteiger partial charge in [-0.05, 0) is 11.6 Å². The molecule has 0 spiro atoms. The monoisotopic (exact) mass is 227 g/mol. The highest BCUT2D eigenvalue weighted by Crippen LogP contribution is 2.27. The van der Waals surface area contributed by atoms with Gasteiger partial charge in [0.2, 0.25) is 0 Å². The van der Waals surface area contributed by atoms with Gasteiger partial charge < -0.3 is 4.74 Å². The second-order valence-electron chi connectivity index (χ2n) is 3.53. The first kappa shape index (κ1) is 11.2. The third-order valence-corrected chi connectivity index (χ3v) is 2.43. The molecule has 0 aliphatic rings. The summed E-state index contributed by atoms with van der Waals surface area (Å²) in [5.74, 6) is 0. The lowest BCUT2D eigenvalue weighted by Crippen LogP contribution is -2.11. The van der Waals surface area contributed by atoms with Gasteiger partial charge in [-0.3, -0.25) is 5.32 Å². The largest absolute Gasteiger partial charge is 0.453 e. The highest BCUT2D eigenvalue weighted by atomic mass is 16.5. The average molecular weight is 227 g/mol. The molecular formula is C14H13NO2. The Bertz CT molecular complexity index is 509. The molecule has 17 heavy (non-hydrogen) atoms. The van der Waals surface area contributed by atoms with Gasteiger partial charge in [0, 0.05) is 5.56 Å². The van der Waals surface area contributed by atoms with Crippen molar-refractivity contribution in [1.29, 1.82) is 0 Å². The normalized spacial score (nSPS) is 9.71. The van der Waals surface area contributed by atoms with Crippen molar-refractivity contribution in [2.24, 2.45) is 0 Å². The van der Waals surface area contributed by atoms with Crippen LogP contribution in [0.1, 0.15) is 0 Å². The Hall–Kier alpha value is -2.29. The van der Waals surface area contributed by atoms with E-state index in [1.54, 1.807) is 0 Å². The number of para-hydroxylation sites is 1. The van der Waals surface area contributed by atoms with Crippen LogP contribution in [0.4, 0.5) is 10.5 Å². The SMILES string of the molecule is COC(=O)Nc1ccccc1-c1ccccc1. The molecule has 1 N–H and O–H groups in total. The quantitative estimate of drug-likeness (QED) is 0.852. The van der Waals surface area contributed by atoms with E-state index in [2.05, 4.69) is 10.1 Å². The van der Waals surface area contributed by atoms with E-state index in [4.69, 9.17) is 0 Å². The first-order valence-electron chi connectivity index (χ1n) is 5.30. The Balaban J connectivity index is 2.38. The molecule has 0 heterocycles. The molecule has 2 rings (SSSR count). The highest BCUT2D eigenvalue weighted by Gasteiger charge is 2.06. The minimum Gasteiger partial charge on any atom is -0.453 e. The van der Waals surface area contributed by atoms with Gasteiger partial charge in [-0.2, -0.15) is 0 Å². The molecule has 2 aromatic carbocycles. The Morgan fingerprint density at radius 3 is 2.35 bits per heavy atom. The maximum atomic E-state index is 11.2. The first-order chi connectivity index (χ1) is 8.31. The summed E-state index contributed by atoms with van der Waals surface area (Å²) in [6.45, 7) is 0. The fraction of sp³-hybridized carbons (Fsp3) is 0.0714. The lowest BCUT2D eigenvalue weighted by Gasteiger charge is -2.10. The summed E-state index contributed by atoms with van der Waals surface area (Å²) in [4.78, 5) is 11.2. The van der Waals surface area contributed by atoms with Crippen LogP contribution in [0.5, 0.6) is 0 Å². The van der Waals surface area contributed by atoms with E-state index < -0.39 is 6.09 Å². The molecule has 0 fully saturated rings. The molecule has 3 heteroatoms. The number of carbonyl (C=O) groups excluding carboxylic acids is 1. The van der Waals surface area contributed by atoms with Crippen molar-refractivity contribution in [2.75, 3.05) is 12.4 Å². The van der Waals surface area contributed by atoms with Gasteiger partial charge in [0.1, 0.15) is 0 Å². The van der Waals surface area contributed by atoms with Crippen molar-refractivity contribution in [1.82, 2.24) is 0 Å². The van der Waals surface area contributed by atoms with Gasteiger partial charge >= 0.3 is 6.09 Å². The van der Waals surface area contributed by atoms with Crippen LogP contribution < -0.4 is 5.32 Å². The summed E-state index contributed by atoms with van der Waals surface area (Å²) in [5.41, 5.74) is 2.77. The summed E-state index contributed by atoms with van der Waals surface area (Å²) < 4.78 is 4.59. The predicted molar refractivity (Wildman–Crippen MR) is 67.9 cm³/mol. The maximum absolute atomic E-state index is 11.2. The van der Waals surface area contributed by atoms with Gasteiger partial charge in [0.25, 0.3) is 0 Å². The number of rotatable bonds is 2. The summed E-state index contributed by atoms with van der Waals surface area (Å²) in [6, 6.07) is 17.5. The zero-order valence-electron chi connectivity index (χ0n) is 9.51. The summed E-state index contributed by atoms with van der Waals surface area (Å²) in [7, 11) is 1.35. The van der Waals surface area contributed by atoms with Crippen molar-refractivity contribution in [3.8, 4) is 11.1 Å². The van der Waals surface area contributed by atoms with Crippen LogP contribution in [0, 0.1) is 0 Å². The van der Waals surface area contributed by atoms with Crippen LogP contribution in [0.3, 0.4) is 0 Å². The fourth-order valence-corrected chi connectivity index (χ4v) is 1.62. The number of carbonyl (C=O) groups is 1. The number of anilines is 1. The van der Waals surface area contributed by atoms with E-state index in [1.807, 2.05) is 54.6 Å². The molecule has 1 amide bonds. The summed E-state index contributed by atoms with van der Waals surface area (Å²) in [5, 5.41) is 2.70. The van der Waals surface area contributed by atoms with Crippen LogP contribution in [0.2, 0.25) is 0 Å². The molecule has 0 aromatic heterocycles. The zero-order valence-corrected chi connectivity index (χ0v) is 9.51. The third-order valence-electron chi connectivity index (χ3n) is 2.43. The molecule has 3 nitrogen and oxygen atoms in total. The third kappa shape index (κ3) is 2.64. The number of ether oxygens (including phenoxy) is 1. The van der Waals surface area contributed by atoms with Crippen LogP contribution in [-0.4, -0.2) is 13.2 Å². The predicted octanol–water partition coefficient (Wildman–Crippen LogP) is 3.53. The molecule has 0 aliphatic heterocycles. The minimum atomic E-state index is -0.464. The molecule has 0 saturated heterocycles. The number of methoxy groups -OCH3 is 1. The molecule has 0 saturated carbocycles. The molecule has 0 bridgehead atoms. The van der Waals surface area contributed by atoms with Gasteiger partial charge in [0.15, 0.2) is 0 Å². The molecule has 0 atom stereocenters. The van der Waals surface area contributed by atoms with E-state index in [1.165, 1.54) is 7.11 Å². The molecule has 0 aliphatic carbocycles. The summed E-state index contributed by atoms with van der Waals surface area (Å²) in [6.07, 6.45) is -0.464. The number of hydrogen-bond acceptors (Lipinski definition) is 2. The van der Waals surface area contributed by atoms with Crippen molar-refractivity contribution in [3.63, 3.8) is 0 Å². The van der Waals surface area contributed by atoms with Gasteiger partial charge in [-0.1, -0.05) is 48.5 Å². The van der Waals surface area contributed by atoms with Crippen LogP contribution in [-0.2, 0) is 4.74 Å². The number of amides is 1. The van der Waals surface area contributed by atoms with E-state index in [0.29, 0.717) is 0 Å². The lowest BCUT2D eigenvalue weighted by molar-refractivity contribution is 0.187. The number of benzene rings is 2. The van der Waals surface area contributed by atoms with Crippen molar-refractivity contribution in [2.45, 2.75) is 0 Å². The molecule has 0 unspecified atom stereocenters. The van der Waals surface area contributed by atoms with Crippen LogP contribution in [0.15, 0.2) is 54.6 Å². The maximum Gasteiger partial charge on any atom is 0.411 e. The van der Waals surface area contributed by atoms with Gasteiger partial charge in [-0.15, -0.1) is 0 Å². The van der Waals surface area contributed by atoms with Gasteiger partial charge in [0.05, 0.1) is 12.8 Å². The lowest BCUT2D eigenvalue weighted by atomic mass is 10.0. The van der Waals surface area contributed by atoms with E-state index in [-0.39, 0.29) is 0 Å². The van der Waals surface area contributed by atoms with Crippen molar-refractivity contribution < 1.29 is 9.53 Å².